The first-order valence-electron chi connectivity index (χ1n) is 7.33. The van der Waals surface area contributed by atoms with Gasteiger partial charge in [-0.1, -0.05) is 42.5 Å². The maximum absolute atomic E-state index is 5.85. The molecule has 1 aliphatic carbocycles. The zero-order valence-corrected chi connectivity index (χ0v) is 11.7. The van der Waals surface area contributed by atoms with Gasteiger partial charge in [-0.3, -0.25) is 0 Å². The van der Waals surface area contributed by atoms with E-state index in [0.717, 1.165) is 38.1 Å². The van der Waals surface area contributed by atoms with Crippen LogP contribution in [-0.4, -0.2) is 20.5 Å². The van der Waals surface area contributed by atoms with Crippen molar-refractivity contribution in [1.82, 2.24) is 5.32 Å². The fraction of sp³-hybridized carbons (Fsp3) is 0.412. The van der Waals surface area contributed by atoms with Crippen molar-refractivity contribution in [2.45, 2.75) is 32.0 Å². The van der Waals surface area contributed by atoms with E-state index < -0.39 is 0 Å². The van der Waals surface area contributed by atoms with E-state index in [0.29, 0.717) is 12.0 Å². The molecule has 0 aromatic heterocycles. The number of nitrogens with one attached hydrogen (secondary N) is 1. The van der Waals surface area contributed by atoms with Crippen molar-refractivity contribution in [3.05, 3.63) is 59.1 Å². The molecule has 2 radical (unpaired) electrons. The summed E-state index contributed by atoms with van der Waals surface area (Å²) in [6.45, 7) is 2.43. The van der Waals surface area contributed by atoms with Gasteiger partial charge in [0.1, 0.15) is 7.85 Å². The van der Waals surface area contributed by atoms with Gasteiger partial charge in [0.2, 0.25) is 0 Å². The monoisotopic (exact) mass is 265 g/mol. The first-order chi connectivity index (χ1) is 9.81. The van der Waals surface area contributed by atoms with E-state index >= 15 is 0 Å². The molecule has 2 atom stereocenters. The molecule has 0 saturated heterocycles. The van der Waals surface area contributed by atoms with Crippen LogP contribution < -0.4 is 5.32 Å². The van der Waals surface area contributed by atoms with Crippen molar-refractivity contribution < 1.29 is 4.74 Å². The van der Waals surface area contributed by atoms with E-state index in [1.54, 1.807) is 0 Å². The van der Waals surface area contributed by atoms with Crippen molar-refractivity contribution in [1.29, 1.82) is 0 Å². The zero-order valence-electron chi connectivity index (χ0n) is 11.7. The number of hydrogen-bond donors (Lipinski definition) is 1. The highest BCUT2D eigenvalue weighted by Gasteiger charge is 2.18. The molecule has 2 unspecified atom stereocenters. The largest absolute Gasteiger partial charge is 0.375 e. The molecule has 0 bridgehead atoms. The molecule has 3 heteroatoms. The summed E-state index contributed by atoms with van der Waals surface area (Å²) < 4.78 is 5.85. The normalized spacial score (nSPS) is 26.3. The molecule has 0 spiro atoms. The number of benzene rings is 1. The van der Waals surface area contributed by atoms with Gasteiger partial charge in [0.05, 0.1) is 13.2 Å². The minimum atomic E-state index is 0.408. The minimum absolute atomic E-state index is 0.408. The predicted octanol–water partition coefficient (Wildman–Crippen LogP) is 2.69. The Morgan fingerprint density at radius 3 is 2.90 bits per heavy atom. The van der Waals surface area contributed by atoms with Crippen LogP contribution in [0.15, 0.2) is 48.0 Å². The van der Waals surface area contributed by atoms with Crippen LogP contribution in [0, 0.1) is 5.92 Å². The van der Waals surface area contributed by atoms with Gasteiger partial charge in [-0.25, -0.2) is 0 Å². The quantitative estimate of drug-likeness (QED) is 0.830. The summed E-state index contributed by atoms with van der Waals surface area (Å²) >= 11 is 0. The fourth-order valence-corrected chi connectivity index (χ4v) is 2.87. The van der Waals surface area contributed by atoms with E-state index in [2.05, 4.69) is 41.7 Å². The first kappa shape index (κ1) is 13.7. The van der Waals surface area contributed by atoms with Crippen LogP contribution in [0.25, 0.3) is 0 Å². The van der Waals surface area contributed by atoms with Crippen LogP contribution in [0.2, 0.25) is 0 Å². The zero-order chi connectivity index (χ0) is 13.8. The molecule has 1 aromatic rings. The lowest BCUT2D eigenvalue weighted by molar-refractivity contribution is 0.0872. The van der Waals surface area contributed by atoms with Crippen LogP contribution in [0.1, 0.15) is 24.0 Å². The highest BCUT2D eigenvalue weighted by molar-refractivity contribution is 6.23. The van der Waals surface area contributed by atoms with Crippen molar-refractivity contribution in [3.63, 3.8) is 0 Å². The summed E-state index contributed by atoms with van der Waals surface area (Å²) in [5.41, 5.74) is 3.53. The second-order valence-electron chi connectivity index (χ2n) is 5.66. The third-order valence-electron chi connectivity index (χ3n) is 4.08. The Morgan fingerprint density at radius 2 is 2.10 bits per heavy atom. The van der Waals surface area contributed by atoms with E-state index in [9.17, 15) is 0 Å². The van der Waals surface area contributed by atoms with Crippen molar-refractivity contribution >= 4 is 7.85 Å². The summed E-state index contributed by atoms with van der Waals surface area (Å²) in [6.07, 6.45) is 8.50. The highest BCUT2D eigenvalue weighted by atomic mass is 16.5. The van der Waals surface area contributed by atoms with Crippen molar-refractivity contribution in [2.75, 3.05) is 6.61 Å². The smallest absolute Gasteiger partial charge is 0.113 e. The summed E-state index contributed by atoms with van der Waals surface area (Å²) in [4.78, 5) is 0. The number of ether oxygens (including phenoxy) is 1. The number of allylic oxidation sites excluding steroid dienone is 4. The number of hydrogen-bond acceptors (Lipinski definition) is 2. The molecular formula is C17H20BNO. The van der Waals surface area contributed by atoms with Gasteiger partial charge in [-0.2, -0.15) is 0 Å². The summed E-state index contributed by atoms with van der Waals surface area (Å²) in [5, 5.41) is 3.63. The second-order valence-corrected chi connectivity index (χ2v) is 5.66. The van der Waals surface area contributed by atoms with Gasteiger partial charge in [-0.15, -0.1) is 5.47 Å². The minimum Gasteiger partial charge on any atom is -0.375 e. The standard InChI is InChI=1S/C17H20BNO/c18-16-7-5-13(6-8-16)9-17-12-20-11-15-4-2-1-3-14(15)10-19-17/h1-5,7-8,13,17,19H,6,9-12H2. The highest BCUT2D eigenvalue weighted by Crippen LogP contribution is 2.21. The Morgan fingerprint density at radius 1 is 1.25 bits per heavy atom. The Labute approximate surface area is 122 Å². The molecule has 1 aromatic carbocycles. The van der Waals surface area contributed by atoms with Crippen LogP contribution in [0.3, 0.4) is 0 Å². The molecule has 102 valence electrons. The first-order valence-corrected chi connectivity index (χ1v) is 7.33. The molecule has 1 N–H and O–H groups in total. The van der Waals surface area contributed by atoms with Crippen LogP contribution >= 0.6 is 0 Å². The van der Waals surface area contributed by atoms with Gasteiger partial charge >= 0.3 is 0 Å². The SMILES string of the molecule is [B]C1=CCC(CC2COCc3ccccc3CN2)C=C1. The number of rotatable bonds is 2. The lowest BCUT2D eigenvalue weighted by Crippen LogP contribution is -2.36. The Hall–Kier alpha value is -1.32. The second kappa shape index (κ2) is 6.42. The van der Waals surface area contributed by atoms with E-state index in [-0.39, 0.29) is 0 Å². The predicted molar refractivity (Wildman–Crippen MR) is 82.4 cm³/mol. The van der Waals surface area contributed by atoms with E-state index in [1.807, 2.05) is 6.08 Å². The molecular weight excluding hydrogens is 245 g/mol. The molecule has 3 rings (SSSR count). The van der Waals surface area contributed by atoms with Gasteiger partial charge < -0.3 is 10.1 Å². The van der Waals surface area contributed by atoms with E-state index in [1.165, 1.54) is 11.1 Å². The van der Waals surface area contributed by atoms with Gasteiger partial charge in [0.25, 0.3) is 0 Å². The lowest BCUT2D eigenvalue weighted by atomic mass is 9.84. The fourth-order valence-electron chi connectivity index (χ4n) is 2.87. The number of fused-ring (bicyclic) bond motifs is 1. The molecule has 2 nitrogen and oxygen atoms in total. The Kier molecular flexibility index (Phi) is 4.39. The maximum atomic E-state index is 5.85. The van der Waals surface area contributed by atoms with Crippen LogP contribution in [0.5, 0.6) is 0 Å². The third-order valence-corrected chi connectivity index (χ3v) is 4.08. The summed E-state index contributed by atoms with van der Waals surface area (Å²) in [6, 6.07) is 8.90. The average Bonchev–Trinajstić information content (AvgIpc) is 2.45. The Bertz CT molecular complexity index is 523. The third kappa shape index (κ3) is 3.41. The van der Waals surface area contributed by atoms with Crippen molar-refractivity contribution in [2.24, 2.45) is 5.92 Å². The van der Waals surface area contributed by atoms with Crippen molar-refractivity contribution in [3.8, 4) is 0 Å². The molecule has 0 saturated carbocycles. The molecule has 0 fully saturated rings. The molecule has 1 heterocycles. The Balaban J connectivity index is 1.59. The van der Waals surface area contributed by atoms with E-state index in [4.69, 9.17) is 12.6 Å². The topological polar surface area (TPSA) is 21.3 Å². The average molecular weight is 265 g/mol. The van der Waals surface area contributed by atoms with Crippen LogP contribution in [-0.2, 0) is 17.9 Å². The van der Waals surface area contributed by atoms with Gasteiger partial charge in [0, 0.05) is 12.6 Å². The summed E-state index contributed by atoms with van der Waals surface area (Å²) in [7, 11) is 5.76. The van der Waals surface area contributed by atoms with Gasteiger partial charge in [0.15, 0.2) is 0 Å². The maximum Gasteiger partial charge on any atom is 0.113 e. The molecule has 2 aliphatic rings. The molecule has 20 heavy (non-hydrogen) atoms. The lowest BCUT2D eigenvalue weighted by Gasteiger charge is -2.26. The summed E-state index contributed by atoms with van der Waals surface area (Å²) in [5.74, 6) is 0.568. The van der Waals surface area contributed by atoms with Gasteiger partial charge in [-0.05, 0) is 29.9 Å². The molecule has 1 aliphatic heterocycles. The molecule has 0 amide bonds. The van der Waals surface area contributed by atoms with Crippen LogP contribution in [0.4, 0.5) is 0 Å².